The summed E-state index contributed by atoms with van der Waals surface area (Å²) in [4.78, 5) is 0. The van der Waals surface area contributed by atoms with Gasteiger partial charge in [-0.3, -0.25) is 0 Å². The molecule has 0 amide bonds. The van der Waals surface area contributed by atoms with Gasteiger partial charge in [0.05, 0.1) is 5.56 Å². The van der Waals surface area contributed by atoms with Crippen molar-refractivity contribution in [1.29, 1.82) is 0 Å². The van der Waals surface area contributed by atoms with Gasteiger partial charge in [0.25, 0.3) is 0 Å². The maximum atomic E-state index is 15.0. The smallest absolute Gasteiger partial charge is 0.139 e. The van der Waals surface area contributed by atoms with Crippen LogP contribution in [0.3, 0.4) is 0 Å². The van der Waals surface area contributed by atoms with Crippen LogP contribution >= 0.6 is 0 Å². The molecule has 0 aromatic heterocycles. The van der Waals surface area contributed by atoms with Gasteiger partial charge in [-0.05, 0) is 66.0 Å². The zero-order valence-electron chi connectivity index (χ0n) is 18.3. The normalized spacial score (nSPS) is 11.2. The van der Waals surface area contributed by atoms with Crippen LogP contribution in [0.25, 0.3) is 0 Å². The molecule has 0 nitrogen and oxygen atoms in total. The monoisotopic (exact) mass is 378 g/mol. The number of rotatable bonds is 7. The third kappa shape index (κ3) is 6.52. The van der Waals surface area contributed by atoms with E-state index in [0.29, 0.717) is 5.56 Å². The van der Waals surface area contributed by atoms with Gasteiger partial charge in [-0.15, -0.1) is 0 Å². The fraction of sp³-hybridized carbons (Fsp3) is 0.481. The molecule has 2 rings (SSSR count). The van der Waals surface area contributed by atoms with Crippen molar-refractivity contribution in [3.8, 4) is 11.8 Å². The van der Waals surface area contributed by atoms with Crippen molar-refractivity contribution >= 4 is 0 Å². The largest absolute Gasteiger partial charge is 0.206 e. The lowest BCUT2D eigenvalue weighted by Crippen LogP contribution is -2.15. The number of unbranched alkanes of at least 4 members (excludes halogenated alkanes) is 3. The van der Waals surface area contributed by atoms with Crippen molar-refractivity contribution in [2.75, 3.05) is 0 Å². The maximum Gasteiger partial charge on any atom is 0.139 e. The van der Waals surface area contributed by atoms with Gasteiger partial charge in [-0.1, -0.05) is 83.9 Å². The SMILES string of the molecule is CCCCCc1cc(F)c(C#Cc2ccc(CCCC)cc2)c(C(C)(C)C)c1. The van der Waals surface area contributed by atoms with Crippen molar-refractivity contribution in [1.82, 2.24) is 0 Å². The molecule has 0 aliphatic carbocycles. The highest BCUT2D eigenvalue weighted by molar-refractivity contribution is 5.51. The summed E-state index contributed by atoms with van der Waals surface area (Å²) in [6, 6.07) is 12.2. The molecule has 0 saturated heterocycles. The average molecular weight is 379 g/mol. The van der Waals surface area contributed by atoms with E-state index in [1.807, 2.05) is 12.1 Å². The molecule has 0 aliphatic heterocycles. The van der Waals surface area contributed by atoms with Crippen LogP contribution in [0, 0.1) is 17.7 Å². The number of hydrogen-bond donors (Lipinski definition) is 0. The molecule has 0 N–H and O–H groups in total. The van der Waals surface area contributed by atoms with Gasteiger partial charge in [-0.25, -0.2) is 4.39 Å². The summed E-state index contributed by atoms with van der Waals surface area (Å²) in [6.45, 7) is 10.8. The van der Waals surface area contributed by atoms with Gasteiger partial charge in [0.2, 0.25) is 0 Å². The van der Waals surface area contributed by atoms with Crippen LogP contribution in [0.2, 0.25) is 0 Å². The predicted octanol–water partition coefficient (Wildman–Crippen LogP) is 7.60. The van der Waals surface area contributed by atoms with Crippen LogP contribution in [-0.4, -0.2) is 0 Å². The first-order chi connectivity index (χ1) is 13.3. The molecule has 2 aromatic rings. The van der Waals surface area contributed by atoms with E-state index in [1.165, 1.54) is 31.2 Å². The van der Waals surface area contributed by atoms with Gasteiger partial charge in [0, 0.05) is 5.56 Å². The Morgan fingerprint density at radius 1 is 0.786 bits per heavy atom. The fourth-order valence-corrected chi connectivity index (χ4v) is 3.38. The summed E-state index contributed by atoms with van der Waals surface area (Å²) >= 11 is 0. The van der Waals surface area contributed by atoms with Gasteiger partial charge in [0.1, 0.15) is 5.82 Å². The second-order valence-corrected chi connectivity index (χ2v) is 8.76. The molecule has 1 heteroatoms. The molecule has 0 bridgehead atoms. The minimum Gasteiger partial charge on any atom is -0.206 e. The highest BCUT2D eigenvalue weighted by Gasteiger charge is 2.21. The van der Waals surface area contributed by atoms with Crippen molar-refractivity contribution in [3.05, 3.63) is 70.0 Å². The molecule has 0 aliphatic rings. The Morgan fingerprint density at radius 3 is 2.04 bits per heavy atom. The molecule has 0 saturated carbocycles. The van der Waals surface area contributed by atoms with E-state index in [2.05, 4.69) is 64.7 Å². The first-order valence-electron chi connectivity index (χ1n) is 10.8. The molecule has 0 atom stereocenters. The van der Waals surface area contributed by atoms with Crippen molar-refractivity contribution in [2.24, 2.45) is 0 Å². The van der Waals surface area contributed by atoms with Crippen molar-refractivity contribution in [3.63, 3.8) is 0 Å². The summed E-state index contributed by atoms with van der Waals surface area (Å²) in [6.07, 6.45) is 7.90. The Kier molecular flexibility index (Phi) is 8.31. The van der Waals surface area contributed by atoms with E-state index >= 15 is 0 Å². The maximum absolute atomic E-state index is 15.0. The first-order valence-corrected chi connectivity index (χ1v) is 10.8. The fourth-order valence-electron chi connectivity index (χ4n) is 3.38. The Morgan fingerprint density at radius 2 is 1.43 bits per heavy atom. The lowest BCUT2D eigenvalue weighted by atomic mass is 9.82. The number of benzene rings is 2. The van der Waals surface area contributed by atoms with E-state index in [1.54, 1.807) is 6.07 Å². The van der Waals surface area contributed by atoms with E-state index in [9.17, 15) is 4.39 Å². The quantitative estimate of drug-likeness (QED) is 0.344. The van der Waals surface area contributed by atoms with Gasteiger partial charge in [0.15, 0.2) is 0 Å². The number of halogens is 1. The van der Waals surface area contributed by atoms with Crippen LogP contribution in [0.5, 0.6) is 0 Å². The van der Waals surface area contributed by atoms with Gasteiger partial charge in [-0.2, -0.15) is 0 Å². The topological polar surface area (TPSA) is 0 Å². The molecule has 0 heterocycles. The molecule has 0 fully saturated rings. The molecule has 2 aromatic carbocycles. The Labute approximate surface area is 171 Å². The molecule has 28 heavy (non-hydrogen) atoms. The Balaban J connectivity index is 2.31. The third-order valence-corrected chi connectivity index (χ3v) is 5.13. The summed E-state index contributed by atoms with van der Waals surface area (Å²) in [5, 5.41) is 0. The lowest BCUT2D eigenvalue weighted by Gasteiger charge is -2.22. The minimum absolute atomic E-state index is 0.143. The van der Waals surface area contributed by atoms with Crippen LogP contribution in [0.15, 0.2) is 36.4 Å². The Hall–Kier alpha value is -2.07. The summed E-state index contributed by atoms with van der Waals surface area (Å²) in [5.74, 6) is 6.13. The van der Waals surface area contributed by atoms with Crippen LogP contribution in [0.4, 0.5) is 4.39 Å². The molecule has 0 radical (unpaired) electrons. The highest BCUT2D eigenvalue weighted by atomic mass is 19.1. The summed E-state index contributed by atoms with van der Waals surface area (Å²) in [7, 11) is 0. The van der Waals surface area contributed by atoms with E-state index in [4.69, 9.17) is 0 Å². The second kappa shape index (κ2) is 10.5. The average Bonchev–Trinajstić information content (AvgIpc) is 2.65. The van der Waals surface area contributed by atoms with Crippen molar-refractivity contribution in [2.45, 2.75) is 85.0 Å². The van der Waals surface area contributed by atoms with Crippen LogP contribution in [0.1, 0.15) is 94.5 Å². The molecule has 0 unspecified atom stereocenters. The zero-order valence-corrected chi connectivity index (χ0v) is 18.3. The Bertz CT molecular complexity index is 810. The van der Waals surface area contributed by atoms with E-state index in [0.717, 1.165) is 36.0 Å². The highest BCUT2D eigenvalue weighted by Crippen LogP contribution is 2.29. The van der Waals surface area contributed by atoms with Gasteiger partial charge < -0.3 is 0 Å². The molecular weight excluding hydrogens is 343 g/mol. The second-order valence-electron chi connectivity index (χ2n) is 8.76. The summed E-state index contributed by atoms with van der Waals surface area (Å²) < 4.78 is 15.0. The van der Waals surface area contributed by atoms with Crippen LogP contribution < -0.4 is 0 Å². The first kappa shape index (κ1) is 22.2. The number of aryl methyl sites for hydroxylation is 2. The standard InChI is InChI=1S/C27H35F/c1-6-8-10-12-23-19-25(27(3,4)5)24(26(28)20-23)18-17-22-15-13-21(14-16-22)11-9-7-2/h13-16,19-20H,6-12H2,1-5H3. The summed E-state index contributed by atoms with van der Waals surface area (Å²) in [5.41, 5.74) is 4.77. The lowest BCUT2D eigenvalue weighted by molar-refractivity contribution is 0.565. The zero-order chi connectivity index (χ0) is 20.6. The van der Waals surface area contributed by atoms with Crippen LogP contribution in [-0.2, 0) is 18.3 Å². The van der Waals surface area contributed by atoms with Gasteiger partial charge >= 0.3 is 0 Å². The molecule has 150 valence electrons. The third-order valence-electron chi connectivity index (χ3n) is 5.13. The van der Waals surface area contributed by atoms with E-state index < -0.39 is 0 Å². The van der Waals surface area contributed by atoms with Crippen molar-refractivity contribution < 1.29 is 4.39 Å². The number of hydrogen-bond acceptors (Lipinski definition) is 0. The van der Waals surface area contributed by atoms with E-state index in [-0.39, 0.29) is 11.2 Å². The predicted molar refractivity (Wildman–Crippen MR) is 119 cm³/mol. The minimum atomic E-state index is -0.189. The molecular formula is C27H35F. The molecule has 0 spiro atoms.